The number of nitrogens with one attached hydrogen (secondary N) is 1. The third-order valence-corrected chi connectivity index (χ3v) is 4.27. The fraction of sp³-hybridized carbons (Fsp3) is 0.176. The summed E-state index contributed by atoms with van der Waals surface area (Å²) < 4.78 is 10.7. The van der Waals surface area contributed by atoms with Crippen molar-refractivity contribution in [2.75, 3.05) is 12.4 Å². The van der Waals surface area contributed by atoms with Gasteiger partial charge in [-0.05, 0) is 43.3 Å². The smallest absolute Gasteiger partial charge is 0.277 e. The molecule has 0 saturated heterocycles. The molecule has 1 atom stereocenters. The Morgan fingerprint density at radius 3 is 2.56 bits per heavy atom. The van der Waals surface area contributed by atoms with E-state index in [0.717, 1.165) is 11.3 Å². The van der Waals surface area contributed by atoms with E-state index in [-0.39, 0.29) is 5.91 Å². The minimum Gasteiger partial charge on any atom is -0.497 e. The number of hydrogen-bond donors (Lipinski definition) is 1. The first-order valence-electron chi connectivity index (χ1n) is 7.51. The standard InChI is InChI=1S/C17H16N4O3S/c1-11(15(22)19-13-3-5-14(23-2)6-4-13)25-17-21-20-16(24-17)12-7-9-18-10-8-12/h3-11H,1-2H3,(H,19,22)/t11-/m1/s1. The highest BCUT2D eigenvalue weighted by Crippen LogP contribution is 2.26. The van der Waals surface area contributed by atoms with Crippen LogP contribution in [0.3, 0.4) is 0 Å². The van der Waals surface area contributed by atoms with Crippen LogP contribution < -0.4 is 10.1 Å². The molecule has 8 heteroatoms. The van der Waals surface area contributed by atoms with Gasteiger partial charge in [0.05, 0.1) is 12.4 Å². The number of nitrogens with zero attached hydrogens (tertiary/aromatic N) is 3. The number of thioether (sulfide) groups is 1. The number of amides is 1. The molecule has 0 saturated carbocycles. The number of benzene rings is 1. The zero-order valence-corrected chi connectivity index (χ0v) is 14.5. The third-order valence-electron chi connectivity index (χ3n) is 3.34. The highest BCUT2D eigenvalue weighted by molar-refractivity contribution is 8.00. The van der Waals surface area contributed by atoms with E-state index in [1.54, 1.807) is 62.8 Å². The van der Waals surface area contributed by atoms with Crippen molar-refractivity contribution in [2.45, 2.75) is 17.4 Å². The van der Waals surface area contributed by atoms with Crippen LogP contribution in [-0.4, -0.2) is 33.4 Å². The van der Waals surface area contributed by atoms with Crippen LogP contribution in [0.15, 0.2) is 58.4 Å². The number of carbonyl (C=O) groups is 1. The highest BCUT2D eigenvalue weighted by Gasteiger charge is 2.19. The molecule has 0 radical (unpaired) electrons. The Hall–Kier alpha value is -2.87. The summed E-state index contributed by atoms with van der Waals surface area (Å²) in [6.07, 6.45) is 3.30. The molecule has 3 aromatic rings. The molecule has 0 aliphatic carbocycles. The second kappa shape index (κ2) is 7.80. The number of carbonyl (C=O) groups excluding carboxylic acids is 1. The average molecular weight is 356 g/mol. The van der Waals surface area contributed by atoms with Gasteiger partial charge in [-0.3, -0.25) is 9.78 Å². The first kappa shape index (κ1) is 17.0. The van der Waals surface area contributed by atoms with Crippen LogP contribution in [0, 0.1) is 0 Å². The molecule has 0 unspecified atom stereocenters. The van der Waals surface area contributed by atoms with Crippen LogP contribution in [0.5, 0.6) is 5.75 Å². The predicted octanol–water partition coefficient (Wildman–Crippen LogP) is 3.26. The molecule has 1 amide bonds. The van der Waals surface area contributed by atoms with Gasteiger partial charge in [-0.2, -0.15) is 0 Å². The molecule has 0 bridgehead atoms. The van der Waals surface area contributed by atoms with Crippen molar-refractivity contribution < 1.29 is 13.9 Å². The van der Waals surface area contributed by atoms with Gasteiger partial charge in [0, 0.05) is 23.6 Å². The molecule has 0 spiro atoms. The van der Waals surface area contributed by atoms with Gasteiger partial charge in [-0.15, -0.1) is 10.2 Å². The van der Waals surface area contributed by atoms with Crippen molar-refractivity contribution >= 4 is 23.4 Å². The zero-order valence-electron chi connectivity index (χ0n) is 13.7. The quantitative estimate of drug-likeness (QED) is 0.678. The van der Waals surface area contributed by atoms with Gasteiger partial charge >= 0.3 is 0 Å². The van der Waals surface area contributed by atoms with Crippen LogP contribution in [0.2, 0.25) is 0 Å². The van der Waals surface area contributed by atoms with Gasteiger partial charge in [0.25, 0.3) is 5.22 Å². The first-order chi connectivity index (χ1) is 12.2. The summed E-state index contributed by atoms with van der Waals surface area (Å²) in [4.78, 5) is 16.2. The van der Waals surface area contributed by atoms with Gasteiger partial charge < -0.3 is 14.5 Å². The van der Waals surface area contributed by atoms with Crippen molar-refractivity contribution in [2.24, 2.45) is 0 Å². The largest absolute Gasteiger partial charge is 0.497 e. The maximum atomic E-state index is 12.3. The lowest BCUT2D eigenvalue weighted by Crippen LogP contribution is -2.22. The van der Waals surface area contributed by atoms with Crippen molar-refractivity contribution in [3.05, 3.63) is 48.8 Å². The van der Waals surface area contributed by atoms with E-state index >= 15 is 0 Å². The molecule has 0 aliphatic heterocycles. The molecule has 25 heavy (non-hydrogen) atoms. The van der Waals surface area contributed by atoms with Crippen LogP contribution >= 0.6 is 11.8 Å². The second-order valence-corrected chi connectivity index (χ2v) is 6.38. The molecule has 2 aromatic heterocycles. The summed E-state index contributed by atoms with van der Waals surface area (Å²) in [6, 6.07) is 10.7. The maximum Gasteiger partial charge on any atom is 0.277 e. The number of anilines is 1. The Labute approximate surface area is 148 Å². The summed E-state index contributed by atoms with van der Waals surface area (Å²) in [5, 5.41) is 10.7. The van der Waals surface area contributed by atoms with Crippen molar-refractivity contribution in [1.29, 1.82) is 0 Å². The molecule has 7 nitrogen and oxygen atoms in total. The van der Waals surface area contributed by atoms with Crippen LogP contribution in [-0.2, 0) is 4.79 Å². The number of hydrogen-bond acceptors (Lipinski definition) is 7. The number of rotatable bonds is 6. The Balaban J connectivity index is 1.60. The Morgan fingerprint density at radius 1 is 1.16 bits per heavy atom. The lowest BCUT2D eigenvalue weighted by Gasteiger charge is -2.10. The SMILES string of the molecule is COc1ccc(NC(=O)[C@@H](C)Sc2nnc(-c3ccncc3)o2)cc1. The fourth-order valence-electron chi connectivity index (χ4n) is 1.99. The molecule has 1 N–H and O–H groups in total. The minimum absolute atomic E-state index is 0.154. The lowest BCUT2D eigenvalue weighted by atomic mass is 10.3. The Bertz CT molecular complexity index is 837. The molecule has 128 valence electrons. The van der Waals surface area contributed by atoms with Crippen LogP contribution in [0.25, 0.3) is 11.5 Å². The minimum atomic E-state index is -0.396. The van der Waals surface area contributed by atoms with Gasteiger partial charge in [0.2, 0.25) is 11.8 Å². The summed E-state index contributed by atoms with van der Waals surface area (Å²) in [7, 11) is 1.59. The van der Waals surface area contributed by atoms with Crippen LogP contribution in [0.1, 0.15) is 6.92 Å². The highest BCUT2D eigenvalue weighted by atomic mass is 32.2. The summed E-state index contributed by atoms with van der Waals surface area (Å²) >= 11 is 1.20. The summed E-state index contributed by atoms with van der Waals surface area (Å²) in [6.45, 7) is 1.78. The normalized spacial score (nSPS) is 11.8. The van der Waals surface area contributed by atoms with Gasteiger partial charge in [0.15, 0.2) is 0 Å². The number of pyridine rings is 1. The maximum absolute atomic E-state index is 12.3. The number of aromatic nitrogens is 3. The van der Waals surface area contributed by atoms with E-state index in [1.165, 1.54) is 11.8 Å². The second-order valence-electron chi connectivity index (χ2n) is 5.09. The van der Waals surface area contributed by atoms with E-state index in [4.69, 9.17) is 9.15 Å². The predicted molar refractivity (Wildman–Crippen MR) is 94.5 cm³/mol. The van der Waals surface area contributed by atoms with Gasteiger partial charge in [0.1, 0.15) is 5.75 Å². The lowest BCUT2D eigenvalue weighted by molar-refractivity contribution is -0.115. The number of methoxy groups -OCH3 is 1. The monoisotopic (exact) mass is 356 g/mol. The topological polar surface area (TPSA) is 90.1 Å². The first-order valence-corrected chi connectivity index (χ1v) is 8.39. The zero-order chi connectivity index (χ0) is 17.6. The molecule has 0 fully saturated rings. The number of ether oxygens (including phenoxy) is 1. The van der Waals surface area contributed by atoms with Gasteiger partial charge in [-0.25, -0.2) is 0 Å². The molecule has 2 heterocycles. The van der Waals surface area contributed by atoms with Crippen molar-refractivity contribution in [1.82, 2.24) is 15.2 Å². The Morgan fingerprint density at radius 2 is 1.88 bits per heavy atom. The molecule has 3 rings (SSSR count). The fourth-order valence-corrected chi connectivity index (χ4v) is 2.67. The van der Waals surface area contributed by atoms with E-state index in [9.17, 15) is 4.79 Å². The van der Waals surface area contributed by atoms with E-state index < -0.39 is 5.25 Å². The van der Waals surface area contributed by atoms with Crippen LogP contribution in [0.4, 0.5) is 5.69 Å². The Kier molecular flexibility index (Phi) is 5.30. The average Bonchev–Trinajstić information content (AvgIpc) is 3.11. The van der Waals surface area contributed by atoms with E-state index in [2.05, 4.69) is 20.5 Å². The van der Waals surface area contributed by atoms with E-state index in [0.29, 0.717) is 16.8 Å². The van der Waals surface area contributed by atoms with Crippen molar-refractivity contribution in [3.8, 4) is 17.2 Å². The molecular formula is C17H16N4O3S. The third kappa shape index (κ3) is 4.36. The molecular weight excluding hydrogens is 340 g/mol. The van der Waals surface area contributed by atoms with Gasteiger partial charge in [-0.1, -0.05) is 11.8 Å². The summed E-state index contributed by atoms with van der Waals surface area (Å²) in [5.74, 6) is 0.974. The molecule has 1 aromatic carbocycles. The molecule has 0 aliphatic rings. The van der Waals surface area contributed by atoms with Crippen molar-refractivity contribution in [3.63, 3.8) is 0 Å². The summed E-state index contributed by atoms with van der Waals surface area (Å²) in [5.41, 5.74) is 1.48. The van der Waals surface area contributed by atoms with E-state index in [1.807, 2.05) is 0 Å².